The van der Waals surface area contributed by atoms with E-state index in [1.807, 2.05) is 12.1 Å². The van der Waals surface area contributed by atoms with E-state index >= 15 is 0 Å². The number of rotatable bonds is 4. The van der Waals surface area contributed by atoms with Crippen molar-refractivity contribution in [2.75, 3.05) is 18.4 Å². The van der Waals surface area contributed by atoms with Crippen LogP contribution in [0.5, 0.6) is 0 Å². The van der Waals surface area contributed by atoms with Gasteiger partial charge >= 0.3 is 0 Å². The first-order valence-electron chi connectivity index (χ1n) is 7.09. The van der Waals surface area contributed by atoms with Crippen LogP contribution in [0.25, 0.3) is 0 Å². The van der Waals surface area contributed by atoms with Gasteiger partial charge in [-0.15, -0.1) is 0 Å². The smallest absolute Gasteiger partial charge is 0.225 e. The molecule has 1 fully saturated rings. The van der Waals surface area contributed by atoms with Crippen molar-refractivity contribution >= 4 is 23.2 Å². The molecule has 0 bridgehead atoms. The second-order valence-corrected chi connectivity index (χ2v) is 5.91. The summed E-state index contributed by atoms with van der Waals surface area (Å²) in [5.41, 5.74) is 6.69. The summed E-state index contributed by atoms with van der Waals surface area (Å²) in [7, 11) is 0. The molecule has 0 spiro atoms. The third-order valence-electron chi connectivity index (χ3n) is 3.79. The van der Waals surface area contributed by atoms with Gasteiger partial charge in [-0.1, -0.05) is 17.7 Å². The Morgan fingerprint density at radius 3 is 3.05 bits per heavy atom. The fourth-order valence-corrected chi connectivity index (χ4v) is 2.81. The normalized spacial score (nSPS) is 23.6. The molecule has 0 saturated carbocycles. The lowest BCUT2D eigenvalue weighted by Gasteiger charge is -2.36. The Kier molecular flexibility index (Phi) is 5.40. The highest BCUT2D eigenvalue weighted by Gasteiger charge is 2.23. The van der Waals surface area contributed by atoms with Gasteiger partial charge in [-0.3, -0.25) is 4.79 Å². The Morgan fingerprint density at radius 1 is 1.55 bits per heavy atom. The Morgan fingerprint density at radius 2 is 2.35 bits per heavy atom. The zero-order valence-corrected chi connectivity index (χ0v) is 12.6. The van der Waals surface area contributed by atoms with E-state index in [4.69, 9.17) is 17.3 Å². The number of nitrogens with two attached hydrogens (primary N) is 1. The summed E-state index contributed by atoms with van der Waals surface area (Å²) in [6.07, 6.45) is 2.52. The molecular formula is C15H22ClN3O. The standard InChI is InChI=1S/C15H22ClN3O/c1-11-9-13(17)5-7-19(11)8-6-15(20)18-14-4-2-3-12(16)10-14/h2-4,10-11,13H,5-9,17H2,1H3,(H,18,20). The van der Waals surface area contributed by atoms with Crippen LogP contribution < -0.4 is 11.1 Å². The predicted octanol–water partition coefficient (Wildman–Crippen LogP) is 2.48. The lowest BCUT2D eigenvalue weighted by Crippen LogP contribution is -2.46. The van der Waals surface area contributed by atoms with Crippen LogP contribution >= 0.6 is 11.6 Å². The van der Waals surface area contributed by atoms with E-state index < -0.39 is 0 Å². The molecule has 2 rings (SSSR count). The Labute approximate surface area is 125 Å². The highest BCUT2D eigenvalue weighted by atomic mass is 35.5. The molecule has 4 nitrogen and oxygen atoms in total. The molecule has 20 heavy (non-hydrogen) atoms. The van der Waals surface area contributed by atoms with Crippen molar-refractivity contribution in [3.8, 4) is 0 Å². The molecule has 1 aromatic carbocycles. The van der Waals surface area contributed by atoms with E-state index in [-0.39, 0.29) is 5.91 Å². The van der Waals surface area contributed by atoms with Crippen LogP contribution in [-0.2, 0) is 4.79 Å². The number of carbonyl (C=O) groups excluding carboxylic acids is 1. The number of nitrogens with one attached hydrogen (secondary N) is 1. The van der Waals surface area contributed by atoms with E-state index in [9.17, 15) is 4.79 Å². The molecule has 1 aliphatic heterocycles. The lowest BCUT2D eigenvalue weighted by atomic mass is 9.99. The molecule has 1 aromatic rings. The van der Waals surface area contributed by atoms with E-state index in [1.165, 1.54) is 0 Å². The number of nitrogens with zero attached hydrogens (tertiary/aromatic N) is 1. The lowest BCUT2D eigenvalue weighted by molar-refractivity contribution is -0.116. The van der Waals surface area contributed by atoms with Crippen molar-refractivity contribution < 1.29 is 4.79 Å². The highest BCUT2D eigenvalue weighted by Crippen LogP contribution is 2.17. The van der Waals surface area contributed by atoms with Crippen LogP contribution in [0, 0.1) is 0 Å². The third-order valence-corrected chi connectivity index (χ3v) is 4.02. The number of carbonyl (C=O) groups is 1. The van der Waals surface area contributed by atoms with Gasteiger partial charge in [-0.25, -0.2) is 0 Å². The van der Waals surface area contributed by atoms with Gasteiger partial charge in [0, 0.05) is 35.8 Å². The van der Waals surface area contributed by atoms with Crippen LogP contribution in [0.1, 0.15) is 26.2 Å². The number of likely N-dealkylation sites (tertiary alicyclic amines) is 1. The minimum atomic E-state index is 0.0225. The summed E-state index contributed by atoms with van der Waals surface area (Å²) in [6.45, 7) is 3.93. The second kappa shape index (κ2) is 7.07. The number of anilines is 1. The number of hydrogen-bond acceptors (Lipinski definition) is 3. The van der Waals surface area contributed by atoms with Gasteiger partial charge in [0.1, 0.15) is 0 Å². The van der Waals surface area contributed by atoms with Gasteiger partial charge < -0.3 is 16.0 Å². The molecule has 0 aliphatic carbocycles. The van der Waals surface area contributed by atoms with E-state index in [0.717, 1.165) is 31.6 Å². The fraction of sp³-hybridized carbons (Fsp3) is 0.533. The van der Waals surface area contributed by atoms with Crippen molar-refractivity contribution in [2.24, 2.45) is 5.73 Å². The predicted molar refractivity (Wildman–Crippen MR) is 82.9 cm³/mol. The van der Waals surface area contributed by atoms with Crippen molar-refractivity contribution in [1.29, 1.82) is 0 Å². The number of piperidine rings is 1. The maximum atomic E-state index is 11.9. The number of halogens is 1. The van der Waals surface area contributed by atoms with Gasteiger partial charge in [0.2, 0.25) is 5.91 Å². The summed E-state index contributed by atoms with van der Waals surface area (Å²) in [5, 5.41) is 3.50. The zero-order valence-electron chi connectivity index (χ0n) is 11.8. The minimum Gasteiger partial charge on any atom is -0.328 e. The molecule has 0 aromatic heterocycles. The molecule has 2 atom stereocenters. The van der Waals surface area contributed by atoms with Crippen LogP contribution in [0.2, 0.25) is 5.02 Å². The SMILES string of the molecule is CC1CC(N)CCN1CCC(=O)Nc1cccc(Cl)c1. The number of hydrogen-bond donors (Lipinski definition) is 2. The maximum Gasteiger partial charge on any atom is 0.225 e. The topological polar surface area (TPSA) is 58.4 Å². The summed E-state index contributed by atoms with van der Waals surface area (Å²) < 4.78 is 0. The Hall–Kier alpha value is -1.10. The average Bonchev–Trinajstić information content (AvgIpc) is 2.37. The first kappa shape index (κ1) is 15.3. The first-order valence-corrected chi connectivity index (χ1v) is 7.47. The van der Waals surface area contributed by atoms with Crippen LogP contribution in [0.4, 0.5) is 5.69 Å². The average molecular weight is 296 g/mol. The van der Waals surface area contributed by atoms with Crippen molar-refractivity contribution in [1.82, 2.24) is 4.90 Å². The molecular weight excluding hydrogens is 274 g/mol. The summed E-state index contributed by atoms with van der Waals surface area (Å²) in [5.74, 6) is 0.0225. The summed E-state index contributed by atoms with van der Waals surface area (Å²) >= 11 is 5.89. The molecule has 1 heterocycles. The maximum absolute atomic E-state index is 11.9. The summed E-state index contributed by atoms with van der Waals surface area (Å²) in [4.78, 5) is 14.3. The second-order valence-electron chi connectivity index (χ2n) is 5.48. The highest BCUT2D eigenvalue weighted by molar-refractivity contribution is 6.30. The third kappa shape index (κ3) is 4.47. The molecule has 1 aliphatic rings. The van der Waals surface area contributed by atoms with Crippen molar-refractivity contribution in [2.45, 2.75) is 38.3 Å². The molecule has 2 unspecified atom stereocenters. The van der Waals surface area contributed by atoms with E-state index in [2.05, 4.69) is 17.1 Å². The van der Waals surface area contributed by atoms with Crippen molar-refractivity contribution in [3.63, 3.8) is 0 Å². The molecule has 1 amide bonds. The first-order chi connectivity index (χ1) is 9.54. The molecule has 3 N–H and O–H groups in total. The molecule has 5 heteroatoms. The van der Waals surface area contributed by atoms with Gasteiger partial charge in [-0.2, -0.15) is 0 Å². The van der Waals surface area contributed by atoms with Gasteiger partial charge in [0.05, 0.1) is 0 Å². The molecule has 1 saturated heterocycles. The van der Waals surface area contributed by atoms with E-state index in [1.54, 1.807) is 12.1 Å². The fourth-order valence-electron chi connectivity index (χ4n) is 2.62. The van der Waals surface area contributed by atoms with Crippen LogP contribution in [0.15, 0.2) is 24.3 Å². The van der Waals surface area contributed by atoms with Crippen molar-refractivity contribution in [3.05, 3.63) is 29.3 Å². The van der Waals surface area contributed by atoms with Crippen LogP contribution in [0.3, 0.4) is 0 Å². The Bertz CT molecular complexity index is 466. The molecule has 0 radical (unpaired) electrons. The van der Waals surface area contributed by atoms with Gasteiger partial charge in [0.15, 0.2) is 0 Å². The number of amides is 1. The monoisotopic (exact) mass is 295 g/mol. The minimum absolute atomic E-state index is 0.0225. The molecule has 110 valence electrons. The largest absolute Gasteiger partial charge is 0.328 e. The summed E-state index contributed by atoms with van der Waals surface area (Å²) in [6, 6.07) is 7.97. The quantitative estimate of drug-likeness (QED) is 0.897. The number of benzene rings is 1. The van der Waals surface area contributed by atoms with Gasteiger partial charge in [0.25, 0.3) is 0 Å². The van der Waals surface area contributed by atoms with Crippen LogP contribution in [-0.4, -0.2) is 36.0 Å². The van der Waals surface area contributed by atoms with Gasteiger partial charge in [-0.05, 0) is 44.5 Å². The zero-order chi connectivity index (χ0) is 14.5. The Balaban J connectivity index is 1.78. The van der Waals surface area contributed by atoms with E-state index in [0.29, 0.717) is 23.5 Å².